The maximum atomic E-state index is 5.91. The fourth-order valence-corrected chi connectivity index (χ4v) is 2.20. The molecule has 0 atom stereocenters. The second kappa shape index (κ2) is 3.43. The Morgan fingerprint density at radius 2 is 2.18 bits per heavy atom. The zero-order valence-electron chi connectivity index (χ0n) is 9.51. The molecule has 0 bridgehead atoms. The molecule has 0 fully saturated rings. The molecule has 0 amide bonds. The zero-order valence-corrected chi connectivity index (χ0v) is 9.51. The summed E-state index contributed by atoms with van der Waals surface area (Å²) in [5.74, 6) is 0.460. The number of nitrogen functional groups attached to an aromatic ring is 1. The molecule has 0 aliphatic heterocycles. The van der Waals surface area contributed by atoms with Crippen LogP contribution in [-0.2, 0) is 13.6 Å². The van der Waals surface area contributed by atoms with Gasteiger partial charge in [0.05, 0.1) is 5.52 Å². The van der Waals surface area contributed by atoms with E-state index in [0.717, 1.165) is 27.4 Å². The number of hydrogen-bond acceptors (Lipinski definition) is 4. The molecule has 0 radical (unpaired) electrons. The summed E-state index contributed by atoms with van der Waals surface area (Å²) >= 11 is 0. The van der Waals surface area contributed by atoms with Gasteiger partial charge >= 0.3 is 0 Å². The predicted molar refractivity (Wildman–Crippen MR) is 68.3 cm³/mol. The highest BCUT2D eigenvalue weighted by atomic mass is 15.3. The second-order valence-corrected chi connectivity index (χ2v) is 4.08. The number of nitrogens with zero attached hydrogens (tertiary/aromatic N) is 3. The fourth-order valence-electron chi connectivity index (χ4n) is 2.20. The first-order chi connectivity index (χ1) is 8.20. The topological polar surface area (TPSA) is 82.8 Å². The number of aryl methyl sites for hydroxylation is 1. The normalized spacial score (nSPS) is 11.4. The second-order valence-electron chi connectivity index (χ2n) is 4.08. The Balaban J connectivity index is 2.59. The van der Waals surface area contributed by atoms with Crippen LogP contribution >= 0.6 is 0 Å². The largest absolute Gasteiger partial charge is 0.382 e. The molecule has 17 heavy (non-hydrogen) atoms. The summed E-state index contributed by atoms with van der Waals surface area (Å²) in [7, 11) is 1.87. The monoisotopic (exact) mass is 227 g/mol. The van der Waals surface area contributed by atoms with Gasteiger partial charge in [0, 0.05) is 30.6 Å². The Hall–Kier alpha value is -2.14. The minimum atomic E-state index is 0.460. The summed E-state index contributed by atoms with van der Waals surface area (Å²) in [5, 5.41) is 6.39. The molecular weight excluding hydrogens is 214 g/mol. The SMILES string of the molecule is Cn1cc2c(n1)c(N)nc1cccc(CN)c12. The van der Waals surface area contributed by atoms with E-state index in [1.165, 1.54) is 0 Å². The van der Waals surface area contributed by atoms with Crippen LogP contribution in [0.2, 0.25) is 0 Å². The van der Waals surface area contributed by atoms with Crippen LogP contribution in [0.3, 0.4) is 0 Å². The van der Waals surface area contributed by atoms with Crippen molar-refractivity contribution in [3.63, 3.8) is 0 Å². The quantitative estimate of drug-likeness (QED) is 0.653. The van der Waals surface area contributed by atoms with E-state index in [2.05, 4.69) is 10.1 Å². The molecule has 4 N–H and O–H groups in total. The number of aromatic nitrogens is 3. The van der Waals surface area contributed by atoms with E-state index < -0.39 is 0 Å². The smallest absolute Gasteiger partial charge is 0.152 e. The van der Waals surface area contributed by atoms with Gasteiger partial charge in [-0.1, -0.05) is 12.1 Å². The Morgan fingerprint density at radius 1 is 1.35 bits per heavy atom. The molecule has 2 heterocycles. The first-order valence-electron chi connectivity index (χ1n) is 5.41. The van der Waals surface area contributed by atoms with Crippen molar-refractivity contribution in [2.45, 2.75) is 6.54 Å². The van der Waals surface area contributed by atoms with Crippen LogP contribution in [-0.4, -0.2) is 14.8 Å². The number of benzene rings is 1. The van der Waals surface area contributed by atoms with E-state index in [0.29, 0.717) is 12.4 Å². The van der Waals surface area contributed by atoms with Crippen molar-refractivity contribution in [3.8, 4) is 0 Å². The Bertz CT molecular complexity index is 714. The van der Waals surface area contributed by atoms with E-state index in [4.69, 9.17) is 11.5 Å². The van der Waals surface area contributed by atoms with Crippen molar-refractivity contribution in [2.75, 3.05) is 5.73 Å². The highest BCUT2D eigenvalue weighted by Gasteiger charge is 2.11. The van der Waals surface area contributed by atoms with Crippen LogP contribution in [0, 0.1) is 0 Å². The molecule has 5 nitrogen and oxygen atoms in total. The van der Waals surface area contributed by atoms with Gasteiger partial charge in [-0.15, -0.1) is 0 Å². The summed E-state index contributed by atoms with van der Waals surface area (Å²) < 4.78 is 1.75. The number of anilines is 1. The Labute approximate surface area is 98.0 Å². The third-order valence-electron chi connectivity index (χ3n) is 2.93. The van der Waals surface area contributed by atoms with Gasteiger partial charge in [-0.2, -0.15) is 5.10 Å². The minimum absolute atomic E-state index is 0.460. The molecule has 86 valence electrons. The van der Waals surface area contributed by atoms with Crippen molar-refractivity contribution < 1.29 is 0 Å². The highest BCUT2D eigenvalue weighted by molar-refractivity contribution is 6.09. The summed E-state index contributed by atoms with van der Waals surface area (Å²) in [4.78, 5) is 4.37. The van der Waals surface area contributed by atoms with Crippen LogP contribution in [0.1, 0.15) is 5.56 Å². The summed E-state index contributed by atoms with van der Waals surface area (Å²) in [6.07, 6.45) is 1.95. The standard InChI is InChI=1S/C12H13N5/c1-17-6-8-10-7(5-13)3-2-4-9(10)15-12(14)11(8)16-17/h2-4,6H,5,13H2,1H3,(H2,14,15). The Kier molecular flexibility index (Phi) is 2.02. The van der Waals surface area contributed by atoms with E-state index in [-0.39, 0.29) is 0 Å². The molecule has 0 spiro atoms. The number of hydrogen-bond donors (Lipinski definition) is 2. The van der Waals surface area contributed by atoms with Gasteiger partial charge in [0.2, 0.25) is 0 Å². The summed E-state index contributed by atoms with van der Waals surface area (Å²) in [5.41, 5.74) is 14.3. The van der Waals surface area contributed by atoms with Gasteiger partial charge < -0.3 is 11.5 Å². The molecule has 2 aromatic heterocycles. The van der Waals surface area contributed by atoms with Gasteiger partial charge in [0.1, 0.15) is 5.52 Å². The van der Waals surface area contributed by atoms with Crippen molar-refractivity contribution in [1.29, 1.82) is 0 Å². The lowest BCUT2D eigenvalue weighted by Crippen LogP contribution is -1.99. The molecule has 0 aliphatic rings. The Morgan fingerprint density at radius 3 is 2.94 bits per heavy atom. The van der Waals surface area contributed by atoms with Crippen LogP contribution in [0.15, 0.2) is 24.4 Å². The highest BCUT2D eigenvalue weighted by Crippen LogP contribution is 2.29. The molecule has 5 heteroatoms. The number of nitrogens with two attached hydrogens (primary N) is 2. The molecule has 0 aliphatic carbocycles. The van der Waals surface area contributed by atoms with E-state index in [1.54, 1.807) is 4.68 Å². The lowest BCUT2D eigenvalue weighted by Gasteiger charge is -2.05. The number of rotatable bonds is 1. The number of fused-ring (bicyclic) bond motifs is 3. The van der Waals surface area contributed by atoms with Crippen molar-refractivity contribution in [3.05, 3.63) is 30.0 Å². The average Bonchev–Trinajstić information content (AvgIpc) is 2.70. The van der Waals surface area contributed by atoms with E-state index in [1.807, 2.05) is 31.4 Å². The molecular formula is C12H13N5. The van der Waals surface area contributed by atoms with Crippen LogP contribution in [0.4, 0.5) is 5.82 Å². The minimum Gasteiger partial charge on any atom is -0.382 e. The maximum absolute atomic E-state index is 5.91. The van der Waals surface area contributed by atoms with Gasteiger partial charge in [0.15, 0.2) is 5.82 Å². The van der Waals surface area contributed by atoms with Gasteiger partial charge in [-0.3, -0.25) is 4.68 Å². The molecule has 0 saturated carbocycles. The van der Waals surface area contributed by atoms with Crippen molar-refractivity contribution >= 4 is 27.6 Å². The average molecular weight is 227 g/mol. The lowest BCUT2D eigenvalue weighted by molar-refractivity contribution is 0.780. The lowest BCUT2D eigenvalue weighted by atomic mass is 10.1. The molecule has 3 rings (SSSR count). The van der Waals surface area contributed by atoms with Crippen LogP contribution in [0.25, 0.3) is 21.8 Å². The van der Waals surface area contributed by atoms with Crippen molar-refractivity contribution in [1.82, 2.24) is 14.8 Å². The molecule has 0 unspecified atom stereocenters. The van der Waals surface area contributed by atoms with E-state index in [9.17, 15) is 0 Å². The molecule has 1 aromatic carbocycles. The summed E-state index contributed by atoms with van der Waals surface area (Å²) in [6.45, 7) is 0.479. The molecule has 0 saturated heterocycles. The van der Waals surface area contributed by atoms with Gasteiger partial charge in [-0.05, 0) is 11.6 Å². The zero-order chi connectivity index (χ0) is 12.0. The number of pyridine rings is 1. The third kappa shape index (κ3) is 1.36. The maximum Gasteiger partial charge on any atom is 0.152 e. The van der Waals surface area contributed by atoms with Crippen LogP contribution < -0.4 is 11.5 Å². The fraction of sp³-hybridized carbons (Fsp3) is 0.167. The third-order valence-corrected chi connectivity index (χ3v) is 2.93. The molecule has 3 aromatic rings. The van der Waals surface area contributed by atoms with Crippen molar-refractivity contribution in [2.24, 2.45) is 12.8 Å². The van der Waals surface area contributed by atoms with Crippen LogP contribution in [0.5, 0.6) is 0 Å². The first-order valence-corrected chi connectivity index (χ1v) is 5.41. The predicted octanol–water partition coefficient (Wildman–Crippen LogP) is 1.16. The summed E-state index contributed by atoms with van der Waals surface area (Å²) in [6, 6.07) is 5.89. The van der Waals surface area contributed by atoms with Gasteiger partial charge in [-0.25, -0.2) is 4.98 Å². The van der Waals surface area contributed by atoms with Gasteiger partial charge in [0.25, 0.3) is 0 Å². The first kappa shape index (κ1) is 10.0. The van der Waals surface area contributed by atoms with E-state index >= 15 is 0 Å².